The molecule has 3 aromatic carbocycles. The minimum Gasteiger partial charge on any atom is -0.497 e. The van der Waals surface area contributed by atoms with Crippen molar-refractivity contribution in [3.8, 4) is 5.75 Å². The molecular formula is C26H26N2O3S. The highest BCUT2D eigenvalue weighted by molar-refractivity contribution is 8.00. The third-order valence-electron chi connectivity index (χ3n) is 5.57. The number of carbonyl (C=O) groups is 2. The fourth-order valence-electron chi connectivity index (χ4n) is 3.97. The fourth-order valence-corrected chi connectivity index (χ4v) is 5.13. The molecule has 0 saturated carbocycles. The lowest BCUT2D eigenvalue weighted by Crippen LogP contribution is -2.28. The Hall–Kier alpha value is -3.25. The first-order chi connectivity index (χ1) is 15.6. The summed E-state index contributed by atoms with van der Waals surface area (Å²) in [6.07, 6.45) is 0.714. The van der Waals surface area contributed by atoms with Gasteiger partial charge in [0.25, 0.3) is 0 Å². The summed E-state index contributed by atoms with van der Waals surface area (Å²) in [5.74, 6) is 0.923. The number of hydrogen-bond donors (Lipinski definition) is 1. The standard InChI is InChI=1S/C26H26N2O3S/c1-3-23(18-9-5-4-6-10-18)25(30)27-20-12-7-11-19(15-20)26-28(24(29)17-32-26)21-13-8-14-22(16-21)31-2/h4-16,23,26H,3,17H2,1-2H3,(H,27,30). The Morgan fingerprint density at radius 3 is 2.62 bits per heavy atom. The van der Waals surface area contributed by atoms with Crippen LogP contribution in [0.25, 0.3) is 0 Å². The summed E-state index contributed by atoms with van der Waals surface area (Å²) in [6.45, 7) is 2.01. The predicted molar refractivity (Wildman–Crippen MR) is 130 cm³/mol. The van der Waals surface area contributed by atoms with Gasteiger partial charge in [-0.05, 0) is 41.8 Å². The number of nitrogens with one attached hydrogen (secondary N) is 1. The van der Waals surface area contributed by atoms with Gasteiger partial charge in [0, 0.05) is 17.4 Å². The van der Waals surface area contributed by atoms with Crippen LogP contribution in [0.5, 0.6) is 5.75 Å². The first kappa shape index (κ1) is 22.0. The molecule has 0 radical (unpaired) electrons. The van der Waals surface area contributed by atoms with Crippen molar-refractivity contribution in [2.75, 3.05) is 23.1 Å². The summed E-state index contributed by atoms with van der Waals surface area (Å²) in [5, 5.41) is 2.90. The van der Waals surface area contributed by atoms with Gasteiger partial charge in [-0.3, -0.25) is 14.5 Å². The van der Waals surface area contributed by atoms with Gasteiger partial charge in [0.2, 0.25) is 11.8 Å². The number of ether oxygens (including phenoxy) is 1. The summed E-state index contributed by atoms with van der Waals surface area (Å²) in [6, 6.07) is 25.1. The zero-order valence-electron chi connectivity index (χ0n) is 18.2. The number of carbonyl (C=O) groups excluding carboxylic acids is 2. The normalized spacial score (nSPS) is 16.6. The first-order valence-electron chi connectivity index (χ1n) is 10.6. The van der Waals surface area contributed by atoms with E-state index in [1.54, 1.807) is 23.8 Å². The molecule has 5 nitrogen and oxygen atoms in total. The van der Waals surface area contributed by atoms with Crippen LogP contribution in [0.1, 0.15) is 35.8 Å². The van der Waals surface area contributed by atoms with Crippen LogP contribution in [-0.2, 0) is 9.59 Å². The Kier molecular flexibility index (Phi) is 6.81. The van der Waals surface area contributed by atoms with Crippen LogP contribution < -0.4 is 15.0 Å². The number of nitrogens with zero attached hydrogens (tertiary/aromatic N) is 1. The lowest BCUT2D eigenvalue weighted by Gasteiger charge is -2.25. The lowest BCUT2D eigenvalue weighted by atomic mass is 9.95. The molecule has 32 heavy (non-hydrogen) atoms. The maximum Gasteiger partial charge on any atom is 0.238 e. The van der Waals surface area contributed by atoms with Gasteiger partial charge in [-0.1, -0.05) is 55.5 Å². The molecule has 6 heteroatoms. The largest absolute Gasteiger partial charge is 0.497 e. The molecule has 2 unspecified atom stereocenters. The van der Waals surface area contributed by atoms with Crippen molar-refractivity contribution in [2.24, 2.45) is 0 Å². The Bertz CT molecular complexity index is 1100. The van der Waals surface area contributed by atoms with Gasteiger partial charge in [-0.15, -0.1) is 11.8 Å². The lowest BCUT2D eigenvalue weighted by molar-refractivity contribution is -0.118. The van der Waals surface area contributed by atoms with Crippen LogP contribution in [0.4, 0.5) is 11.4 Å². The Morgan fingerprint density at radius 2 is 1.88 bits per heavy atom. The second-order valence-electron chi connectivity index (χ2n) is 7.61. The third kappa shape index (κ3) is 4.65. The maximum absolute atomic E-state index is 13.0. The van der Waals surface area contributed by atoms with E-state index in [0.29, 0.717) is 17.9 Å². The van der Waals surface area contributed by atoms with E-state index in [1.807, 2.05) is 85.8 Å². The van der Waals surface area contributed by atoms with Crippen LogP contribution in [0.2, 0.25) is 0 Å². The number of anilines is 2. The maximum atomic E-state index is 13.0. The number of hydrogen-bond acceptors (Lipinski definition) is 4. The summed E-state index contributed by atoms with van der Waals surface area (Å²) < 4.78 is 5.33. The number of amides is 2. The number of thioether (sulfide) groups is 1. The van der Waals surface area contributed by atoms with Crippen LogP contribution >= 0.6 is 11.8 Å². The molecule has 164 valence electrons. The third-order valence-corrected chi connectivity index (χ3v) is 6.78. The summed E-state index contributed by atoms with van der Waals surface area (Å²) in [7, 11) is 1.61. The molecular weight excluding hydrogens is 420 g/mol. The molecule has 1 aliphatic heterocycles. The van der Waals surface area contributed by atoms with Crippen LogP contribution in [0.3, 0.4) is 0 Å². The highest BCUT2D eigenvalue weighted by Gasteiger charge is 2.34. The van der Waals surface area contributed by atoms with Crippen molar-refractivity contribution in [3.05, 3.63) is 90.0 Å². The number of rotatable bonds is 7. The molecule has 1 N–H and O–H groups in total. The van der Waals surface area contributed by atoms with Crippen LogP contribution in [0.15, 0.2) is 78.9 Å². The average molecular weight is 447 g/mol. The molecule has 0 aliphatic carbocycles. The number of benzene rings is 3. The fraction of sp³-hybridized carbons (Fsp3) is 0.231. The quantitative estimate of drug-likeness (QED) is 0.513. The van der Waals surface area contributed by atoms with E-state index in [0.717, 1.165) is 22.5 Å². The molecule has 2 amide bonds. The molecule has 1 fully saturated rings. The van der Waals surface area contributed by atoms with E-state index in [2.05, 4.69) is 5.32 Å². The van der Waals surface area contributed by atoms with E-state index in [1.165, 1.54) is 0 Å². The first-order valence-corrected chi connectivity index (χ1v) is 11.7. The smallest absolute Gasteiger partial charge is 0.238 e. The van der Waals surface area contributed by atoms with Crippen molar-refractivity contribution in [1.82, 2.24) is 0 Å². The minimum atomic E-state index is -0.212. The Labute approximate surface area is 192 Å². The van der Waals surface area contributed by atoms with E-state index >= 15 is 0 Å². The SMILES string of the molecule is CCC(C(=O)Nc1cccc(C2SCC(=O)N2c2cccc(OC)c2)c1)c1ccccc1. The van der Waals surface area contributed by atoms with Gasteiger partial charge in [0.15, 0.2) is 0 Å². The molecule has 1 saturated heterocycles. The zero-order chi connectivity index (χ0) is 22.5. The molecule has 4 rings (SSSR count). The molecule has 3 aromatic rings. The zero-order valence-corrected chi connectivity index (χ0v) is 19.0. The minimum absolute atomic E-state index is 0.0318. The topological polar surface area (TPSA) is 58.6 Å². The van der Waals surface area contributed by atoms with Gasteiger partial charge in [0.1, 0.15) is 11.1 Å². The Balaban J connectivity index is 1.56. The van der Waals surface area contributed by atoms with Gasteiger partial charge < -0.3 is 10.1 Å². The monoisotopic (exact) mass is 446 g/mol. The molecule has 0 aromatic heterocycles. The molecule has 2 atom stereocenters. The molecule has 1 heterocycles. The van der Waals surface area contributed by atoms with Gasteiger partial charge in [-0.2, -0.15) is 0 Å². The summed E-state index contributed by atoms with van der Waals surface area (Å²) in [5.41, 5.74) is 3.50. The van der Waals surface area contributed by atoms with E-state index in [-0.39, 0.29) is 23.1 Å². The van der Waals surface area contributed by atoms with E-state index in [4.69, 9.17) is 4.74 Å². The van der Waals surface area contributed by atoms with Crippen LogP contribution in [0, 0.1) is 0 Å². The van der Waals surface area contributed by atoms with E-state index < -0.39 is 0 Å². The van der Waals surface area contributed by atoms with Crippen molar-refractivity contribution >= 4 is 35.0 Å². The highest BCUT2D eigenvalue weighted by atomic mass is 32.2. The van der Waals surface area contributed by atoms with Gasteiger partial charge in [-0.25, -0.2) is 0 Å². The molecule has 0 bridgehead atoms. The second-order valence-corrected chi connectivity index (χ2v) is 8.68. The molecule has 1 aliphatic rings. The van der Waals surface area contributed by atoms with Crippen LogP contribution in [-0.4, -0.2) is 24.7 Å². The highest BCUT2D eigenvalue weighted by Crippen LogP contribution is 2.43. The van der Waals surface area contributed by atoms with Gasteiger partial charge in [0.05, 0.1) is 18.8 Å². The van der Waals surface area contributed by atoms with Crippen molar-refractivity contribution in [1.29, 1.82) is 0 Å². The van der Waals surface area contributed by atoms with Crippen molar-refractivity contribution in [2.45, 2.75) is 24.6 Å². The van der Waals surface area contributed by atoms with Crippen molar-refractivity contribution in [3.63, 3.8) is 0 Å². The summed E-state index contributed by atoms with van der Waals surface area (Å²) >= 11 is 1.58. The average Bonchev–Trinajstić information content (AvgIpc) is 3.22. The predicted octanol–water partition coefficient (Wildman–Crippen LogP) is 5.61. The Morgan fingerprint density at radius 1 is 1.09 bits per heavy atom. The summed E-state index contributed by atoms with van der Waals surface area (Å²) in [4.78, 5) is 27.5. The second kappa shape index (κ2) is 9.92. The molecule has 0 spiro atoms. The number of methoxy groups -OCH3 is 1. The van der Waals surface area contributed by atoms with Crippen molar-refractivity contribution < 1.29 is 14.3 Å². The van der Waals surface area contributed by atoms with E-state index in [9.17, 15) is 9.59 Å². The van der Waals surface area contributed by atoms with Gasteiger partial charge >= 0.3 is 0 Å².